The molecule has 6 nitrogen and oxygen atoms in total. The van der Waals surface area contributed by atoms with Crippen LogP contribution in [0.1, 0.15) is 46.5 Å². The Morgan fingerprint density at radius 2 is 1.46 bits per heavy atom. The van der Waals surface area contributed by atoms with Crippen LogP contribution in [0, 0.1) is 11.8 Å². The molecule has 0 aromatic carbocycles. The lowest BCUT2D eigenvalue weighted by molar-refractivity contribution is -0.112. The summed E-state index contributed by atoms with van der Waals surface area (Å²) in [6.45, 7) is 8.83. The number of nitrogens with zero attached hydrogens (tertiary/aromatic N) is 1. The molecule has 2 aliphatic heterocycles. The van der Waals surface area contributed by atoms with Crippen LogP contribution in [0.25, 0.3) is 0 Å². The van der Waals surface area contributed by atoms with Crippen LogP contribution >= 0.6 is 12.4 Å². The average Bonchev–Trinajstić information content (AvgIpc) is 2.54. The predicted octanol–water partition coefficient (Wildman–Crippen LogP) is 2.44. The Hall–Kier alpha value is -1.14. The molecule has 0 unspecified atom stereocenters. The standard InChI is InChI=1S/C11H19NO3.C6H11NO.ClH/c1-11(2,3)15-10(14)12-6-4-9(8-13)5-7-12;8-5-6-1-3-7-4-2-6;/h8-9H,4-7H2,1-3H3;5-7H,1-4H2;1H. The van der Waals surface area contributed by atoms with Crippen molar-refractivity contribution in [2.24, 2.45) is 11.8 Å². The zero-order valence-corrected chi connectivity index (χ0v) is 15.8. The lowest BCUT2D eigenvalue weighted by Gasteiger charge is -2.31. The van der Waals surface area contributed by atoms with Gasteiger partial charge in [-0.3, -0.25) is 0 Å². The predicted molar refractivity (Wildman–Crippen MR) is 95.5 cm³/mol. The number of carbonyl (C=O) groups excluding carboxylic acids is 3. The fourth-order valence-corrected chi connectivity index (χ4v) is 2.52. The Labute approximate surface area is 151 Å². The number of nitrogens with one attached hydrogen (secondary N) is 1. The van der Waals surface area contributed by atoms with E-state index in [-0.39, 0.29) is 24.4 Å². The highest BCUT2D eigenvalue weighted by molar-refractivity contribution is 5.85. The second kappa shape index (κ2) is 11.4. The van der Waals surface area contributed by atoms with Crippen molar-refractivity contribution >= 4 is 31.1 Å². The van der Waals surface area contributed by atoms with Gasteiger partial charge in [-0.2, -0.15) is 0 Å². The van der Waals surface area contributed by atoms with E-state index in [0.29, 0.717) is 19.0 Å². The molecule has 0 bridgehead atoms. The fourth-order valence-electron chi connectivity index (χ4n) is 2.52. The number of amides is 1. The number of halogens is 1. The minimum atomic E-state index is -0.446. The second-order valence-electron chi connectivity index (χ2n) is 7.16. The van der Waals surface area contributed by atoms with E-state index in [0.717, 1.165) is 51.3 Å². The number of piperidine rings is 2. The maximum atomic E-state index is 11.6. The zero-order chi connectivity index (χ0) is 17.3. The largest absolute Gasteiger partial charge is 0.444 e. The van der Waals surface area contributed by atoms with E-state index in [1.54, 1.807) is 4.90 Å². The summed E-state index contributed by atoms with van der Waals surface area (Å²) in [6, 6.07) is 0. The van der Waals surface area contributed by atoms with E-state index >= 15 is 0 Å². The van der Waals surface area contributed by atoms with Gasteiger partial charge in [0, 0.05) is 24.9 Å². The van der Waals surface area contributed by atoms with Crippen molar-refractivity contribution in [2.75, 3.05) is 26.2 Å². The van der Waals surface area contributed by atoms with Gasteiger partial charge in [-0.15, -0.1) is 12.4 Å². The highest BCUT2D eigenvalue weighted by Gasteiger charge is 2.26. The summed E-state index contributed by atoms with van der Waals surface area (Å²) in [4.78, 5) is 34.0. The van der Waals surface area contributed by atoms with Crippen molar-refractivity contribution in [1.82, 2.24) is 10.2 Å². The lowest BCUT2D eigenvalue weighted by Crippen LogP contribution is -2.41. The van der Waals surface area contributed by atoms with Crippen molar-refractivity contribution in [3.63, 3.8) is 0 Å². The molecular weight excluding hydrogens is 332 g/mol. The molecule has 24 heavy (non-hydrogen) atoms. The molecule has 0 aromatic rings. The monoisotopic (exact) mass is 362 g/mol. The fraction of sp³-hybridized carbons (Fsp3) is 0.824. The first-order valence-corrected chi connectivity index (χ1v) is 8.45. The van der Waals surface area contributed by atoms with Crippen LogP contribution in [-0.2, 0) is 14.3 Å². The normalized spacial score (nSPS) is 19.4. The van der Waals surface area contributed by atoms with Crippen LogP contribution in [0.4, 0.5) is 4.79 Å². The molecule has 140 valence electrons. The van der Waals surface area contributed by atoms with Crippen LogP contribution in [0.15, 0.2) is 0 Å². The number of hydrogen-bond donors (Lipinski definition) is 1. The van der Waals surface area contributed by atoms with Gasteiger partial charge in [0.2, 0.25) is 0 Å². The van der Waals surface area contributed by atoms with E-state index in [4.69, 9.17) is 4.74 Å². The van der Waals surface area contributed by atoms with Crippen molar-refractivity contribution in [3.8, 4) is 0 Å². The topological polar surface area (TPSA) is 75.7 Å². The smallest absolute Gasteiger partial charge is 0.410 e. The van der Waals surface area contributed by atoms with Crippen LogP contribution in [-0.4, -0.2) is 55.3 Å². The summed E-state index contributed by atoms with van der Waals surface area (Å²) in [5.41, 5.74) is -0.446. The maximum absolute atomic E-state index is 11.6. The number of hydrogen-bond acceptors (Lipinski definition) is 5. The molecule has 0 spiro atoms. The van der Waals surface area contributed by atoms with Gasteiger partial charge < -0.3 is 24.5 Å². The summed E-state index contributed by atoms with van der Waals surface area (Å²) >= 11 is 0. The highest BCUT2D eigenvalue weighted by Crippen LogP contribution is 2.17. The molecule has 0 aliphatic carbocycles. The van der Waals surface area contributed by atoms with Gasteiger partial charge in [0.25, 0.3) is 0 Å². The van der Waals surface area contributed by atoms with E-state index in [9.17, 15) is 14.4 Å². The molecule has 2 rings (SSSR count). The van der Waals surface area contributed by atoms with Gasteiger partial charge in [-0.25, -0.2) is 4.79 Å². The van der Waals surface area contributed by atoms with Gasteiger partial charge in [0.05, 0.1) is 0 Å². The molecule has 2 aliphatic rings. The Bertz CT molecular complexity index is 385. The Morgan fingerprint density at radius 1 is 1.00 bits per heavy atom. The Kier molecular flexibility index (Phi) is 10.9. The lowest BCUT2D eigenvalue weighted by atomic mass is 9.99. The molecule has 2 heterocycles. The zero-order valence-electron chi connectivity index (χ0n) is 15.0. The van der Waals surface area contributed by atoms with Crippen molar-refractivity contribution < 1.29 is 19.1 Å². The second-order valence-corrected chi connectivity index (χ2v) is 7.16. The molecule has 1 amide bonds. The molecule has 2 fully saturated rings. The number of rotatable bonds is 2. The van der Waals surface area contributed by atoms with Gasteiger partial charge >= 0.3 is 6.09 Å². The quantitative estimate of drug-likeness (QED) is 0.763. The SMILES string of the molecule is CC(C)(C)OC(=O)N1CCC(C=O)CC1.Cl.O=CC1CCNCC1. The van der Waals surface area contributed by atoms with Crippen molar-refractivity contribution in [3.05, 3.63) is 0 Å². The highest BCUT2D eigenvalue weighted by atomic mass is 35.5. The van der Waals surface area contributed by atoms with Crippen molar-refractivity contribution in [1.29, 1.82) is 0 Å². The number of carbonyl (C=O) groups is 3. The third kappa shape index (κ3) is 9.23. The summed E-state index contributed by atoms with van der Waals surface area (Å²) in [5.74, 6) is 0.458. The average molecular weight is 363 g/mol. The minimum Gasteiger partial charge on any atom is -0.444 e. The van der Waals surface area contributed by atoms with E-state index < -0.39 is 5.60 Å². The third-order valence-electron chi connectivity index (χ3n) is 3.96. The summed E-state index contributed by atoms with van der Waals surface area (Å²) in [6.07, 6.45) is 5.35. The molecule has 2 saturated heterocycles. The summed E-state index contributed by atoms with van der Waals surface area (Å²) in [7, 11) is 0. The number of ether oxygens (including phenoxy) is 1. The van der Waals surface area contributed by atoms with E-state index in [1.165, 1.54) is 0 Å². The van der Waals surface area contributed by atoms with E-state index in [1.807, 2.05) is 20.8 Å². The van der Waals surface area contributed by atoms with Gasteiger partial charge in [-0.1, -0.05) is 0 Å². The minimum absolute atomic E-state index is 0. The first-order chi connectivity index (χ1) is 10.9. The molecule has 0 atom stereocenters. The van der Waals surface area contributed by atoms with Crippen LogP contribution in [0.3, 0.4) is 0 Å². The molecular formula is C17H31ClN2O4. The molecule has 0 radical (unpaired) electrons. The first kappa shape index (κ1) is 22.9. The molecule has 7 heteroatoms. The van der Waals surface area contributed by atoms with Crippen molar-refractivity contribution in [2.45, 2.75) is 52.1 Å². The van der Waals surface area contributed by atoms with Crippen LogP contribution in [0.2, 0.25) is 0 Å². The third-order valence-corrected chi connectivity index (χ3v) is 3.96. The molecule has 0 aromatic heterocycles. The molecule has 1 N–H and O–H groups in total. The van der Waals surface area contributed by atoms with Gasteiger partial charge in [0.15, 0.2) is 0 Å². The Morgan fingerprint density at radius 3 is 1.83 bits per heavy atom. The summed E-state index contributed by atoms with van der Waals surface area (Å²) < 4.78 is 5.24. The van der Waals surface area contributed by atoms with Crippen LogP contribution < -0.4 is 5.32 Å². The van der Waals surface area contributed by atoms with Gasteiger partial charge in [0.1, 0.15) is 18.2 Å². The first-order valence-electron chi connectivity index (χ1n) is 8.45. The Balaban J connectivity index is 0.000000498. The van der Waals surface area contributed by atoms with E-state index in [2.05, 4.69) is 5.32 Å². The number of aldehydes is 2. The van der Waals surface area contributed by atoms with Crippen LogP contribution in [0.5, 0.6) is 0 Å². The van der Waals surface area contributed by atoms with Gasteiger partial charge in [-0.05, 0) is 59.5 Å². The molecule has 0 saturated carbocycles. The maximum Gasteiger partial charge on any atom is 0.410 e. The summed E-state index contributed by atoms with van der Waals surface area (Å²) in [5, 5.41) is 3.19. The number of likely N-dealkylation sites (tertiary alicyclic amines) is 1.